The van der Waals surface area contributed by atoms with Gasteiger partial charge in [0.1, 0.15) is 12.6 Å². The van der Waals surface area contributed by atoms with E-state index in [1.807, 2.05) is 6.92 Å². The number of hydrogen-bond acceptors (Lipinski definition) is 5. The number of hydrogen-bond donors (Lipinski definition) is 3. The highest BCUT2D eigenvalue weighted by Crippen LogP contribution is 1.98. The summed E-state index contributed by atoms with van der Waals surface area (Å²) in [6.45, 7) is 1.51. The first-order chi connectivity index (χ1) is 8.96. The van der Waals surface area contributed by atoms with Gasteiger partial charge in [0, 0.05) is 19.6 Å². The summed E-state index contributed by atoms with van der Waals surface area (Å²) in [6, 6.07) is -1.86. The van der Waals surface area contributed by atoms with Crippen LogP contribution in [0.5, 0.6) is 0 Å². The molecule has 0 aromatic carbocycles. The van der Waals surface area contributed by atoms with E-state index in [0.717, 1.165) is 0 Å². The van der Waals surface area contributed by atoms with E-state index < -0.39 is 24.0 Å². The first kappa shape index (κ1) is 17.2. The van der Waals surface area contributed by atoms with Crippen LogP contribution in [0.4, 0.5) is 4.79 Å². The summed E-state index contributed by atoms with van der Waals surface area (Å²) in [6.07, 6.45) is 0.515. The fourth-order valence-electron chi connectivity index (χ4n) is 1.37. The van der Waals surface area contributed by atoms with Crippen molar-refractivity contribution in [3.05, 3.63) is 0 Å². The van der Waals surface area contributed by atoms with Crippen LogP contribution in [0.1, 0.15) is 19.8 Å². The van der Waals surface area contributed by atoms with Crippen molar-refractivity contribution in [2.45, 2.75) is 25.8 Å². The summed E-state index contributed by atoms with van der Waals surface area (Å²) in [5, 5.41) is 19.8. The van der Waals surface area contributed by atoms with Crippen molar-refractivity contribution in [3.8, 4) is 0 Å². The second-order valence-electron chi connectivity index (χ2n) is 3.85. The number of amides is 2. The third-order valence-electron chi connectivity index (χ3n) is 2.34. The molecule has 0 bridgehead atoms. The van der Waals surface area contributed by atoms with E-state index >= 15 is 0 Å². The zero-order chi connectivity index (χ0) is 14.8. The summed E-state index contributed by atoms with van der Waals surface area (Å²) in [4.78, 5) is 35.0. The normalized spacial score (nSPS) is 11.5. The summed E-state index contributed by atoms with van der Waals surface area (Å²) >= 11 is 0. The number of carboxylic acids is 1. The van der Waals surface area contributed by atoms with Gasteiger partial charge in [0.25, 0.3) is 0 Å². The summed E-state index contributed by atoms with van der Waals surface area (Å²) in [5.41, 5.74) is 0. The molecule has 0 spiro atoms. The van der Waals surface area contributed by atoms with Gasteiger partial charge in [0.2, 0.25) is 0 Å². The molecule has 110 valence electrons. The third-order valence-corrected chi connectivity index (χ3v) is 2.34. The molecule has 0 rings (SSSR count). The van der Waals surface area contributed by atoms with Crippen LogP contribution >= 0.6 is 0 Å². The minimum Gasteiger partial charge on any atom is -0.480 e. The lowest BCUT2D eigenvalue weighted by Crippen LogP contribution is -2.50. The predicted octanol–water partition coefficient (Wildman–Crippen LogP) is -0.583. The molecule has 0 heterocycles. The highest BCUT2D eigenvalue weighted by Gasteiger charge is 2.23. The first-order valence-electron chi connectivity index (χ1n) is 5.92. The van der Waals surface area contributed by atoms with Gasteiger partial charge >= 0.3 is 18.0 Å². The number of urea groups is 1. The molecule has 1 unspecified atom stereocenters. The molecule has 1 atom stereocenters. The van der Waals surface area contributed by atoms with Gasteiger partial charge in [-0.15, -0.1) is 0 Å². The van der Waals surface area contributed by atoms with E-state index in [9.17, 15) is 14.4 Å². The number of aliphatic carboxylic acids is 1. The number of aliphatic hydroxyl groups is 1. The highest BCUT2D eigenvalue weighted by atomic mass is 16.5. The van der Waals surface area contributed by atoms with Crippen LogP contribution < -0.4 is 5.32 Å². The number of rotatable bonds is 8. The minimum atomic E-state index is -1.24. The van der Waals surface area contributed by atoms with Crippen molar-refractivity contribution in [2.24, 2.45) is 0 Å². The van der Waals surface area contributed by atoms with Gasteiger partial charge in [-0.2, -0.15) is 0 Å². The smallest absolute Gasteiger partial charge is 0.326 e. The third kappa shape index (κ3) is 6.61. The molecule has 0 aromatic heterocycles. The quantitative estimate of drug-likeness (QED) is 0.511. The van der Waals surface area contributed by atoms with Gasteiger partial charge in [-0.25, -0.2) is 9.59 Å². The molecule has 8 heteroatoms. The zero-order valence-electron chi connectivity index (χ0n) is 11.1. The number of nitrogens with one attached hydrogen (secondary N) is 1. The van der Waals surface area contributed by atoms with Gasteiger partial charge in [0.15, 0.2) is 0 Å². The van der Waals surface area contributed by atoms with Crippen molar-refractivity contribution in [1.29, 1.82) is 0 Å². The molecule has 2 amide bonds. The van der Waals surface area contributed by atoms with E-state index in [1.165, 1.54) is 12.0 Å². The van der Waals surface area contributed by atoms with Crippen LogP contribution in [-0.2, 0) is 14.3 Å². The van der Waals surface area contributed by atoms with Crippen LogP contribution in [0.15, 0.2) is 0 Å². The molecule has 0 aliphatic rings. The summed E-state index contributed by atoms with van der Waals surface area (Å²) in [5.74, 6) is -1.82. The average molecular weight is 276 g/mol. The fourth-order valence-corrected chi connectivity index (χ4v) is 1.37. The Bertz CT molecular complexity index is 318. The molecule has 0 aromatic rings. The van der Waals surface area contributed by atoms with E-state index in [0.29, 0.717) is 13.0 Å². The molecular weight excluding hydrogens is 256 g/mol. The molecule has 19 heavy (non-hydrogen) atoms. The highest BCUT2D eigenvalue weighted by molar-refractivity contribution is 5.85. The Hall–Kier alpha value is -1.83. The zero-order valence-corrected chi connectivity index (χ0v) is 11.1. The number of nitrogens with zero attached hydrogens (tertiary/aromatic N) is 1. The predicted molar refractivity (Wildman–Crippen MR) is 65.5 cm³/mol. The van der Waals surface area contributed by atoms with Crippen molar-refractivity contribution in [2.75, 3.05) is 26.8 Å². The number of ether oxygens (including phenoxy) is 1. The number of carbonyl (C=O) groups excluding carboxylic acids is 2. The van der Waals surface area contributed by atoms with Crippen LogP contribution in [0.25, 0.3) is 0 Å². The number of esters is 1. The second kappa shape index (κ2) is 9.15. The molecule has 0 fully saturated rings. The number of aliphatic hydroxyl groups excluding tert-OH is 1. The Morgan fingerprint density at radius 3 is 2.42 bits per heavy atom. The Balaban J connectivity index is 4.60. The number of methoxy groups -OCH3 is 1. The molecule has 3 N–H and O–H groups in total. The minimum absolute atomic E-state index is 0.0980. The largest absolute Gasteiger partial charge is 0.480 e. The van der Waals surface area contributed by atoms with Crippen LogP contribution in [0.3, 0.4) is 0 Å². The van der Waals surface area contributed by atoms with Crippen molar-refractivity contribution < 1.29 is 29.3 Å². The van der Waals surface area contributed by atoms with E-state index in [2.05, 4.69) is 10.1 Å². The lowest BCUT2D eigenvalue weighted by atomic mass is 10.2. The molecule has 0 aliphatic heterocycles. The number of carbonyl (C=O) groups is 3. The molecule has 0 saturated carbocycles. The van der Waals surface area contributed by atoms with Gasteiger partial charge in [-0.3, -0.25) is 4.79 Å². The lowest BCUT2D eigenvalue weighted by molar-refractivity contribution is -0.141. The molecule has 8 nitrogen and oxygen atoms in total. The van der Waals surface area contributed by atoms with Crippen molar-refractivity contribution in [1.82, 2.24) is 10.2 Å². The Morgan fingerprint density at radius 1 is 1.37 bits per heavy atom. The first-order valence-corrected chi connectivity index (χ1v) is 5.92. The van der Waals surface area contributed by atoms with E-state index in [-0.39, 0.29) is 19.6 Å². The van der Waals surface area contributed by atoms with Crippen LogP contribution in [0.2, 0.25) is 0 Å². The Kier molecular flexibility index (Phi) is 8.27. The molecule has 0 radical (unpaired) electrons. The second-order valence-corrected chi connectivity index (χ2v) is 3.85. The average Bonchev–Trinajstić information content (AvgIpc) is 2.37. The van der Waals surface area contributed by atoms with Crippen LogP contribution in [-0.4, -0.2) is 65.9 Å². The molecule has 0 saturated heterocycles. The maximum absolute atomic E-state index is 11.8. The van der Waals surface area contributed by atoms with Gasteiger partial charge < -0.3 is 25.2 Å². The maximum Gasteiger partial charge on any atom is 0.326 e. The van der Waals surface area contributed by atoms with Crippen molar-refractivity contribution in [3.63, 3.8) is 0 Å². The number of carboxylic acid groups (broad SMARTS) is 1. The molecular formula is C11H20N2O6. The van der Waals surface area contributed by atoms with Gasteiger partial charge in [-0.1, -0.05) is 6.92 Å². The fraction of sp³-hybridized carbons (Fsp3) is 0.727. The molecule has 0 aliphatic carbocycles. The topological polar surface area (TPSA) is 116 Å². The van der Waals surface area contributed by atoms with Gasteiger partial charge in [0.05, 0.1) is 7.11 Å². The lowest BCUT2D eigenvalue weighted by Gasteiger charge is -2.23. The Labute approximate surface area is 111 Å². The standard InChI is InChI=1S/C11H20N2O6/c1-3-5-13(7-9(15)19-2)11(18)12-8(4-6-14)10(16)17/h8,14H,3-7H2,1-2H3,(H,12,18)(H,16,17). The summed E-state index contributed by atoms with van der Waals surface area (Å²) < 4.78 is 4.46. The van der Waals surface area contributed by atoms with Gasteiger partial charge in [-0.05, 0) is 6.42 Å². The van der Waals surface area contributed by atoms with E-state index in [1.54, 1.807) is 0 Å². The van der Waals surface area contributed by atoms with E-state index in [4.69, 9.17) is 10.2 Å². The summed E-state index contributed by atoms with van der Waals surface area (Å²) in [7, 11) is 1.20. The Morgan fingerprint density at radius 2 is 2.00 bits per heavy atom. The van der Waals surface area contributed by atoms with Crippen molar-refractivity contribution >= 4 is 18.0 Å². The maximum atomic E-state index is 11.8. The van der Waals surface area contributed by atoms with Crippen LogP contribution in [0, 0.1) is 0 Å². The SMILES string of the molecule is CCCN(CC(=O)OC)C(=O)NC(CCO)C(=O)O. The monoisotopic (exact) mass is 276 g/mol.